The van der Waals surface area contributed by atoms with E-state index in [4.69, 9.17) is 11.6 Å². The van der Waals surface area contributed by atoms with Gasteiger partial charge in [-0.15, -0.1) is 6.58 Å². The molecule has 0 aliphatic carbocycles. The molecule has 0 saturated carbocycles. The van der Waals surface area contributed by atoms with E-state index >= 15 is 0 Å². The Kier molecular flexibility index (Phi) is 7.19. The minimum absolute atomic E-state index is 0.290. The summed E-state index contributed by atoms with van der Waals surface area (Å²) in [5, 5.41) is 6.14. The van der Waals surface area contributed by atoms with Gasteiger partial charge in [-0.3, -0.25) is 9.59 Å². The molecule has 5 heteroatoms. The lowest BCUT2D eigenvalue weighted by atomic mass is 10.0. The van der Waals surface area contributed by atoms with E-state index in [1.165, 1.54) is 0 Å². The molecule has 0 unspecified atom stereocenters. The summed E-state index contributed by atoms with van der Waals surface area (Å²) in [5.41, 5.74) is 2.70. The summed E-state index contributed by atoms with van der Waals surface area (Å²) in [6, 6.07) is 23.5. The number of carbonyl (C=O) groups is 2. The first-order valence-corrected chi connectivity index (χ1v) is 9.79. The third-order valence-electron chi connectivity index (χ3n) is 4.36. The second-order valence-electron chi connectivity index (χ2n) is 6.44. The van der Waals surface area contributed by atoms with Gasteiger partial charge in [0.25, 0.3) is 11.8 Å². The second-order valence-corrected chi connectivity index (χ2v) is 6.85. The fourth-order valence-corrected chi connectivity index (χ4v) is 3.08. The van der Waals surface area contributed by atoms with Gasteiger partial charge in [-0.1, -0.05) is 78.3 Å². The fourth-order valence-electron chi connectivity index (χ4n) is 2.89. The zero-order valence-electron chi connectivity index (χ0n) is 16.3. The number of anilines is 1. The number of halogens is 1. The highest BCUT2D eigenvalue weighted by atomic mass is 35.5. The minimum atomic E-state index is -0.343. The van der Waals surface area contributed by atoms with E-state index in [2.05, 4.69) is 17.2 Å². The third kappa shape index (κ3) is 5.25. The van der Waals surface area contributed by atoms with E-state index in [9.17, 15) is 9.59 Å². The quantitative estimate of drug-likeness (QED) is 0.306. The number of hydrogen-bond acceptors (Lipinski definition) is 2. The van der Waals surface area contributed by atoms with Crippen LogP contribution in [0.3, 0.4) is 0 Å². The number of rotatable bonds is 7. The van der Waals surface area contributed by atoms with E-state index in [0.29, 0.717) is 28.4 Å². The maximum absolute atomic E-state index is 13.2. The van der Waals surface area contributed by atoms with Crippen LogP contribution < -0.4 is 10.6 Å². The van der Waals surface area contributed by atoms with Gasteiger partial charge in [0.1, 0.15) is 0 Å². The van der Waals surface area contributed by atoms with Crippen molar-refractivity contribution >= 4 is 40.8 Å². The molecular weight excluding hydrogens is 396 g/mol. The Balaban J connectivity index is 1.97. The van der Waals surface area contributed by atoms with E-state index < -0.39 is 0 Å². The molecule has 30 heavy (non-hydrogen) atoms. The molecule has 3 aromatic carbocycles. The smallest absolute Gasteiger partial charge is 0.256 e. The van der Waals surface area contributed by atoms with Crippen LogP contribution in [0.15, 0.2) is 91.5 Å². The molecule has 0 radical (unpaired) electrons. The normalized spacial score (nSPS) is 10.9. The Hall–Kier alpha value is -3.63. The fraction of sp³-hybridized carbons (Fsp3) is 0.0400. The van der Waals surface area contributed by atoms with Crippen molar-refractivity contribution in [3.8, 4) is 0 Å². The van der Waals surface area contributed by atoms with Crippen molar-refractivity contribution in [2.24, 2.45) is 0 Å². The van der Waals surface area contributed by atoms with Crippen LogP contribution >= 0.6 is 11.6 Å². The van der Waals surface area contributed by atoms with E-state index in [1.807, 2.05) is 48.5 Å². The summed E-state index contributed by atoms with van der Waals surface area (Å²) in [7, 11) is 0. The van der Waals surface area contributed by atoms with E-state index in [-0.39, 0.29) is 11.8 Å². The molecule has 0 aliphatic heterocycles. The minimum Gasteiger partial charge on any atom is -0.349 e. The van der Waals surface area contributed by atoms with Gasteiger partial charge in [-0.05, 0) is 35.4 Å². The first-order chi connectivity index (χ1) is 14.6. The van der Waals surface area contributed by atoms with Gasteiger partial charge >= 0.3 is 0 Å². The van der Waals surface area contributed by atoms with Gasteiger partial charge in [-0.2, -0.15) is 0 Å². The maximum atomic E-state index is 13.2. The molecule has 0 atom stereocenters. The molecule has 2 amide bonds. The number of benzene rings is 3. The van der Waals surface area contributed by atoms with Crippen molar-refractivity contribution in [2.75, 3.05) is 11.9 Å². The summed E-state index contributed by atoms with van der Waals surface area (Å²) in [6.07, 6.45) is 3.34. The molecule has 0 bridgehead atoms. The molecular formula is C25H21ClN2O2. The predicted octanol–water partition coefficient (Wildman–Crippen LogP) is 5.44. The second kappa shape index (κ2) is 10.2. The number of carbonyl (C=O) groups excluding carboxylic acids is 2. The van der Waals surface area contributed by atoms with Gasteiger partial charge in [-0.25, -0.2) is 0 Å². The van der Waals surface area contributed by atoms with Crippen LogP contribution in [0.1, 0.15) is 21.5 Å². The van der Waals surface area contributed by atoms with Crippen LogP contribution in [-0.4, -0.2) is 18.4 Å². The Morgan fingerprint density at radius 1 is 0.900 bits per heavy atom. The first kappa shape index (κ1) is 21.1. The molecule has 150 valence electrons. The lowest BCUT2D eigenvalue weighted by Crippen LogP contribution is -2.25. The van der Waals surface area contributed by atoms with Crippen molar-refractivity contribution in [1.82, 2.24) is 5.32 Å². The van der Waals surface area contributed by atoms with Gasteiger partial charge in [0.2, 0.25) is 0 Å². The zero-order chi connectivity index (χ0) is 21.3. The zero-order valence-corrected chi connectivity index (χ0v) is 17.0. The summed E-state index contributed by atoms with van der Waals surface area (Å²) >= 11 is 6.30. The highest BCUT2D eigenvalue weighted by Gasteiger charge is 2.17. The van der Waals surface area contributed by atoms with E-state index in [1.54, 1.807) is 42.5 Å². The largest absolute Gasteiger partial charge is 0.349 e. The lowest BCUT2D eigenvalue weighted by Gasteiger charge is -2.13. The van der Waals surface area contributed by atoms with Gasteiger partial charge < -0.3 is 10.6 Å². The number of amides is 2. The molecule has 0 spiro atoms. The summed E-state index contributed by atoms with van der Waals surface area (Å²) in [4.78, 5) is 25.7. The molecule has 2 N–H and O–H groups in total. The average molecular weight is 417 g/mol. The van der Waals surface area contributed by atoms with Crippen LogP contribution in [-0.2, 0) is 4.79 Å². The monoisotopic (exact) mass is 416 g/mol. The summed E-state index contributed by atoms with van der Waals surface area (Å²) < 4.78 is 0. The van der Waals surface area contributed by atoms with Crippen LogP contribution in [0.5, 0.6) is 0 Å². The Labute approximate surface area is 180 Å². The van der Waals surface area contributed by atoms with Gasteiger partial charge in [0.05, 0.1) is 11.3 Å². The van der Waals surface area contributed by atoms with E-state index in [0.717, 1.165) is 11.1 Å². The SMILES string of the molecule is C=CCNC(=O)c1ccccc1NC(=O)/C(=C/c1ccccc1Cl)c1ccccc1. The van der Waals surface area contributed by atoms with Crippen LogP contribution in [0.25, 0.3) is 11.6 Å². The van der Waals surface area contributed by atoms with Gasteiger partial charge in [0.15, 0.2) is 0 Å². The molecule has 0 fully saturated rings. The first-order valence-electron chi connectivity index (χ1n) is 9.41. The highest BCUT2D eigenvalue weighted by Crippen LogP contribution is 2.25. The molecule has 0 saturated heterocycles. The molecule has 3 aromatic rings. The molecule has 0 heterocycles. The lowest BCUT2D eigenvalue weighted by molar-refractivity contribution is -0.111. The Morgan fingerprint density at radius 3 is 2.30 bits per heavy atom. The number of hydrogen-bond donors (Lipinski definition) is 2. The third-order valence-corrected chi connectivity index (χ3v) is 4.71. The molecule has 3 rings (SSSR count). The number of nitrogens with one attached hydrogen (secondary N) is 2. The number of para-hydroxylation sites is 1. The molecule has 0 aliphatic rings. The van der Waals surface area contributed by atoms with Crippen molar-refractivity contribution in [3.63, 3.8) is 0 Å². The van der Waals surface area contributed by atoms with Crippen molar-refractivity contribution in [3.05, 3.63) is 113 Å². The Bertz CT molecular complexity index is 1090. The average Bonchev–Trinajstić information content (AvgIpc) is 2.77. The summed E-state index contributed by atoms with van der Waals surface area (Å²) in [5.74, 6) is -0.632. The van der Waals surface area contributed by atoms with Crippen molar-refractivity contribution < 1.29 is 9.59 Å². The highest BCUT2D eigenvalue weighted by molar-refractivity contribution is 6.34. The van der Waals surface area contributed by atoms with Crippen LogP contribution in [0, 0.1) is 0 Å². The van der Waals surface area contributed by atoms with Gasteiger partial charge in [0, 0.05) is 17.1 Å². The van der Waals surface area contributed by atoms with Crippen LogP contribution in [0.2, 0.25) is 5.02 Å². The standard InChI is InChI=1S/C25H21ClN2O2/c1-2-16-27-24(29)20-13-7-9-15-23(20)28-25(30)21(18-10-4-3-5-11-18)17-19-12-6-8-14-22(19)26/h2-15,17H,1,16H2,(H,27,29)(H,28,30)/b21-17+. The Morgan fingerprint density at radius 2 is 1.57 bits per heavy atom. The topological polar surface area (TPSA) is 58.2 Å². The molecule has 0 aromatic heterocycles. The maximum Gasteiger partial charge on any atom is 0.256 e. The van der Waals surface area contributed by atoms with Crippen molar-refractivity contribution in [2.45, 2.75) is 0 Å². The predicted molar refractivity (Wildman–Crippen MR) is 123 cm³/mol. The molecule has 4 nitrogen and oxygen atoms in total. The van der Waals surface area contributed by atoms with Crippen LogP contribution in [0.4, 0.5) is 5.69 Å². The summed E-state index contributed by atoms with van der Waals surface area (Å²) in [6.45, 7) is 3.93. The van der Waals surface area contributed by atoms with Crippen molar-refractivity contribution in [1.29, 1.82) is 0 Å².